The third-order valence-electron chi connectivity index (χ3n) is 2.44. The summed E-state index contributed by atoms with van der Waals surface area (Å²) in [6.07, 6.45) is 1.42. The Balaban J connectivity index is 2.04. The van der Waals surface area contributed by atoms with Crippen LogP contribution in [-0.2, 0) is 11.3 Å². The number of ether oxygens (including phenoxy) is 1. The zero-order valence-electron chi connectivity index (χ0n) is 9.77. The molecule has 18 heavy (non-hydrogen) atoms. The van der Waals surface area contributed by atoms with Crippen molar-refractivity contribution in [1.82, 2.24) is 0 Å². The van der Waals surface area contributed by atoms with E-state index in [1.807, 2.05) is 0 Å². The Morgan fingerprint density at radius 3 is 2.72 bits per heavy atom. The smallest absolute Gasteiger partial charge is 0.374 e. The van der Waals surface area contributed by atoms with Gasteiger partial charge in [0.05, 0.1) is 13.4 Å². The normalized spacial score (nSPS) is 10.1. The van der Waals surface area contributed by atoms with Gasteiger partial charge in [0, 0.05) is 17.8 Å². The van der Waals surface area contributed by atoms with Crippen molar-refractivity contribution in [1.29, 1.82) is 0 Å². The molecule has 4 nitrogen and oxygen atoms in total. The van der Waals surface area contributed by atoms with Crippen molar-refractivity contribution in [2.75, 3.05) is 12.4 Å². The quantitative estimate of drug-likeness (QED) is 0.846. The Morgan fingerprint density at radius 2 is 2.06 bits per heavy atom. The van der Waals surface area contributed by atoms with Gasteiger partial charge in [0.1, 0.15) is 5.82 Å². The van der Waals surface area contributed by atoms with Gasteiger partial charge in [0.15, 0.2) is 0 Å². The Hall–Kier alpha value is -2.30. The highest BCUT2D eigenvalue weighted by Crippen LogP contribution is 2.15. The van der Waals surface area contributed by atoms with Crippen molar-refractivity contribution in [3.63, 3.8) is 0 Å². The molecule has 1 N–H and O–H groups in total. The van der Waals surface area contributed by atoms with Crippen LogP contribution in [0, 0.1) is 5.82 Å². The molecular formula is C13H12FNO3. The van der Waals surface area contributed by atoms with Crippen molar-refractivity contribution in [3.8, 4) is 0 Å². The number of benzene rings is 1. The average molecular weight is 249 g/mol. The van der Waals surface area contributed by atoms with E-state index in [1.54, 1.807) is 18.2 Å². The zero-order chi connectivity index (χ0) is 13.0. The predicted molar refractivity (Wildman–Crippen MR) is 63.8 cm³/mol. The number of nitrogens with one attached hydrogen (secondary N) is 1. The maximum absolute atomic E-state index is 12.7. The number of hydrogen-bond donors (Lipinski definition) is 1. The van der Waals surface area contributed by atoms with Crippen LogP contribution in [0.25, 0.3) is 0 Å². The summed E-state index contributed by atoms with van der Waals surface area (Å²) < 4.78 is 22.4. The number of halogens is 1. The minimum atomic E-state index is -0.518. The van der Waals surface area contributed by atoms with Crippen LogP contribution in [0.15, 0.2) is 41.0 Å². The fourth-order valence-corrected chi connectivity index (χ4v) is 1.51. The van der Waals surface area contributed by atoms with Gasteiger partial charge < -0.3 is 14.5 Å². The van der Waals surface area contributed by atoms with Crippen molar-refractivity contribution < 1.29 is 18.3 Å². The van der Waals surface area contributed by atoms with Gasteiger partial charge in [-0.3, -0.25) is 0 Å². The summed E-state index contributed by atoms with van der Waals surface area (Å²) in [5, 5.41) is 3.06. The lowest BCUT2D eigenvalue weighted by atomic mass is 10.2. The molecule has 1 aromatic carbocycles. The Labute approximate surface area is 103 Å². The molecule has 94 valence electrons. The third kappa shape index (κ3) is 2.68. The average Bonchev–Trinajstić information content (AvgIpc) is 2.85. The van der Waals surface area contributed by atoms with E-state index < -0.39 is 5.97 Å². The fourth-order valence-electron chi connectivity index (χ4n) is 1.51. The fraction of sp³-hybridized carbons (Fsp3) is 0.154. The second-order valence-electron chi connectivity index (χ2n) is 3.63. The maximum Gasteiger partial charge on any atom is 0.374 e. The number of esters is 1. The van der Waals surface area contributed by atoms with Crippen molar-refractivity contribution in [2.24, 2.45) is 0 Å². The van der Waals surface area contributed by atoms with E-state index >= 15 is 0 Å². The van der Waals surface area contributed by atoms with Gasteiger partial charge in [-0.2, -0.15) is 0 Å². The van der Waals surface area contributed by atoms with E-state index in [0.29, 0.717) is 12.1 Å². The molecule has 0 spiro atoms. The van der Waals surface area contributed by atoms with Crippen molar-refractivity contribution in [3.05, 3.63) is 53.7 Å². The van der Waals surface area contributed by atoms with Crippen molar-refractivity contribution >= 4 is 11.7 Å². The van der Waals surface area contributed by atoms with Crippen LogP contribution in [0.5, 0.6) is 0 Å². The van der Waals surface area contributed by atoms with Gasteiger partial charge >= 0.3 is 5.97 Å². The molecule has 0 saturated carbocycles. The van der Waals surface area contributed by atoms with E-state index in [-0.39, 0.29) is 11.6 Å². The highest BCUT2D eigenvalue weighted by molar-refractivity contribution is 5.87. The zero-order valence-corrected chi connectivity index (χ0v) is 9.77. The largest absolute Gasteiger partial charge is 0.463 e. The van der Waals surface area contributed by atoms with Crippen LogP contribution in [0.2, 0.25) is 0 Å². The van der Waals surface area contributed by atoms with Crippen LogP contribution in [0.3, 0.4) is 0 Å². The third-order valence-corrected chi connectivity index (χ3v) is 2.44. The molecule has 0 radical (unpaired) electrons. The number of anilines is 1. The molecule has 0 saturated heterocycles. The van der Waals surface area contributed by atoms with Crippen LogP contribution in [-0.4, -0.2) is 13.1 Å². The SMILES string of the molecule is COC(=O)c1occc1CNc1ccc(F)cc1. The molecule has 0 amide bonds. The van der Waals surface area contributed by atoms with Gasteiger partial charge in [-0.25, -0.2) is 9.18 Å². The second kappa shape index (κ2) is 5.35. The summed E-state index contributed by atoms with van der Waals surface area (Å²) in [5.74, 6) is -0.637. The Bertz CT molecular complexity index is 533. The van der Waals surface area contributed by atoms with Gasteiger partial charge in [-0.05, 0) is 30.3 Å². The highest BCUT2D eigenvalue weighted by Gasteiger charge is 2.15. The first-order valence-electron chi connectivity index (χ1n) is 5.35. The Morgan fingerprint density at radius 1 is 1.33 bits per heavy atom. The first-order chi connectivity index (χ1) is 8.70. The second-order valence-corrected chi connectivity index (χ2v) is 3.63. The topological polar surface area (TPSA) is 51.5 Å². The molecule has 0 aliphatic rings. The van der Waals surface area contributed by atoms with Crippen LogP contribution in [0.1, 0.15) is 16.1 Å². The summed E-state index contributed by atoms with van der Waals surface area (Å²) in [6, 6.07) is 7.64. The molecular weight excluding hydrogens is 237 g/mol. The lowest BCUT2D eigenvalue weighted by Gasteiger charge is -2.05. The number of hydrogen-bond acceptors (Lipinski definition) is 4. The minimum Gasteiger partial charge on any atom is -0.463 e. The maximum atomic E-state index is 12.7. The van der Waals surface area contributed by atoms with Crippen LogP contribution in [0.4, 0.5) is 10.1 Å². The molecule has 2 rings (SSSR count). The summed E-state index contributed by atoms with van der Waals surface area (Å²) >= 11 is 0. The molecule has 0 unspecified atom stereocenters. The number of furan rings is 1. The number of carbonyl (C=O) groups is 1. The van der Waals surface area contributed by atoms with E-state index in [2.05, 4.69) is 10.1 Å². The van der Waals surface area contributed by atoms with E-state index in [0.717, 1.165) is 5.69 Å². The number of rotatable bonds is 4. The van der Waals surface area contributed by atoms with Gasteiger partial charge in [0.25, 0.3) is 0 Å². The summed E-state index contributed by atoms with van der Waals surface area (Å²) in [6.45, 7) is 0.395. The lowest BCUT2D eigenvalue weighted by molar-refractivity contribution is 0.0563. The molecule has 0 bridgehead atoms. The predicted octanol–water partition coefficient (Wildman–Crippen LogP) is 2.82. The monoisotopic (exact) mass is 249 g/mol. The first kappa shape index (κ1) is 12.2. The Kier molecular flexibility index (Phi) is 3.62. The summed E-state index contributed by atoms with van der Waals surface area (Å²) in [5.41, 5.74) is 1.44. The molecule has 1 heterocycles. The van der Waals surface area contributed by atoms with Crippen molar-refractivity contribution in [2.45, 2.75) is 6.54 Å². The van der Waals surface area contributed by atoms with Gasteiger partial charge in [-0.1, -0.05) is 0 Å². The number of carbonyl (C=O) groups excluding carboxylic acids is 1. The van der Waals surface area contributed by atoms with E-state index in [1.165, 1.54) is 25.5 Å². The summed E-state index contributed by atoms with van der Waals surface area (Å²) in [7, 11) is 1.29. The van der Waals surface area contributed by atoms with Crippen LogP contribution < -0.4 is 5.32 Å². The minimum absolute atomic E-state index is 0.173. The highest BCUT2D eigenvalue weighted by atomic mass is 19.1. The summed E-state index contributed by atoms with van der Waals surface area (Å²) in [4.78, 5) is 11.4. The van der Waals surface area contributed by atoms with Gasteiger partial charge in [-0.15, -0.1) is 0 Å². The van der Waals surface area contributed by atoms with Crippen LogP contribution >= 0.6 is 0 Å². The van der Waals surface area contributed by atoms with Gasteiger partial charge in [0.2, 0.25) is 5.76 Å². The molecule has 0 aliphatic carbocycles. The lowest BCUT2D eigenvalue weighted by Crippen LogP contribution is -2.06. The van der Waals surface area contributed by atoms with E-state index in [4.69, 9.17) is 4.42 Å². The molecule has 5 heteroatoms. The van der Waals surface area contributed by atoms with E-state index in [9.17, 15) is 9.18 Å². The first-order valence-corrected chi connectivity index (χ1v) is 5.35. The molecule has 1 aromatic heterocycles. The molecule has 2 aromatic rings. The number of methoxy groups -OCH3 is 1. The molecule has 0 aliphatic heterocycles. The molecule has 0 atom stereocenters. The standard InChI is InChI=1S/C13H12FNO3/c1-17-13(16)12-9(6-7-18-12)8-15-11-4-2-10(14)3-5-11/h2-7,15H,8H2,1H3. The molecule has 0 fully saturated rings.